The van der Waals surface area contributed by atoms with Crippen molar-refractivity contribution in [2.75, 3.05) is 5.73 Å². The monoisotopic (exact) mass is 263 g/mol. The molecule has 0 saturated carbocycles. The lowest BCUT2D eigenvalue weighted by Gasteiger charge is -2.04. The number of hydrogen-bond acceptors (Lipinski definition) is 5. The van der Waals surface area contributed by atoms with Crippen molar-refractivity contribution in [1.29, 1.82) is 5.26 Å². The maximum atomic E-state index is 12.1. The van der Waals surface area contributed by atoms with E-state index in [1.165, 1.54) is 0 Å². The van der Waals surface area contributed by atoms with Crippen LogP contribution in [-0.2, 0) is 0 Å². The Hall–Kier alpha value is -3.13. The van der Waals surface area contributed by atoms with Gasteiger partial charge in [0, 0.05) is 5.56 Å². The highest BCUT2D eigenvalue weighted by molar-refractivity contribution is 5.92. The van der Waals surface area contributed by atoms with Crippen LogP contribution in [0.2, 0.25) is 0 Å². The summed E-state index contributed by atoms with van der Waals surface area (Å²) in [6.45, 7) is 0. The average molecular weight is 263 g/mol. The van der Waals surface area contributed by atoms with Crippen LogP contribution in [0.25, 0.3) is 22.4 Å². The Balaban J connectivity index is 2.33. The van der Waals surface area contributed by atoms with Crippen molar-refractivity contribution in [2.24, 2.45) is 0 Å². The summed E-state index contributed by atoms with van der Waals surface area (Å²) in [6.07, 6.45) is 0. The van der Waals surface area contributed by atoms with Crippen LogP contribution in [0.15, 0.2) is 51.7 Å². The predicted octanol–water partition coefficient (Wildman–Crippen LogP) is 2.31. The number of benzene rings is 2. The molecule has 3 rings (SSSR count). The highest BCUT2D eigenvalue weighted by atomic mass is 16.4. The first-order chi connectivity index (χ1) is 9.70. The molecule has 0 amide bonds. The van der Waals surface area contributed by atoms with Gasteiger partial charge in [-0.1, -0.05) is 18.2 Å². The van der Waals surface area contributed by atoms with Gasteiger partial charge in [0.2, 0.25) is 5.89 Å². The molecule has 0 bridgehead atoms. The third kappa shape index (κ3) is 1.80. The number of anilines is 1. The highest BCUT2D eigenvalue weighted by Crippen LogP contribution is 2.23. The van der Waals surface area contributed by atoms with E-state index in [1.807, 2.05) is 24.3 Å². The zero-order chi connectivity index (χ0) is 14.1. The van der Waals surface area contributed by atoms with Gasteiger partial charge in [-0.2, -0.15) is 5.26 Å². The molecule has 0 unspecified atom stereocenters. The summed E-state index contributed by atoms with van der Waals surface area (Å²) in [5.74, 6) is 0.229. The molecule has 96 valence electrons. The summed E-state index contributed by atoms with van der Waals surface area (Å²) in [4.78, 5) is 16.4. The third-order valence-corrected chi connectivity index (χ3v) is 2.98. The molecule has 2 aromatic carbocycles. The highest BCUT2D eigenvalue weighted by Gasteiger charge is 2.13. The summed E-state index contributed by atoms with van der Waals surface area (Å²) >= 11 is 0. The Labute approximate surface area is 113 Å². The van der Waals surface area contributed by atoms with Crippen LogP contribution in [0, 0.1) is 11.3 Å². The summed E-state index contributed by atoms with van der Waals surface area (Å²) in [7, 11) is 0. The topological polar surface area (TPSA) is 92.9 Å². The fraction of sp³-hybridized carbons (Fsp3) is 0. The molecule has 5 heteroatoms. The molecule has 1 heterocycles. The van der Waals surface area contributed by atoms with Gasteiger partial charge in [0.15, 0.2) is 0 Å². The first kappa shape index (κ1) is 11.9. The van der Waals surface area contributed by atoms with Crippen LogP contribution in [0.5, 0.6) is 0 Å². The van der Waals surface area contributed by atoms with Crippen LogP contribution in [0.4, 0.5) is 5.69 Å². The van der Waals surface area contributed by atoms with E-state index in [9.17, 15) is 4.79 Å². The van der Waals surface area contributed by atoms with Crippen LogP contribution in [-0.4, -0.2) is 4.98 Å². The van der Waals surface area contributed by atoms with Gasteiger partial charge in [-0.3, -0.25) is 0 Å². The van der Waals surface area contributed by atoms with Crippen molar-refractivity contribution in [2.45, 2.75) is 0 Å². The Bertz CT molecular complexity index is 893. The second-order valence-corrected chi connectivity index (χ2v) is 4.21. The molecule has 0 saturated heterocycles. The fourth-order valence-corrected chi connectivity index (χ4v) is 1.99. The molecule has 0 radical (unpaired) electrons. The first-order valence-electron chi connectivity index (χ1n) is 5.89. The SMILES string of the molecule is N#Cc1ccc2nc(-c3ccccc3)oc(=O)c2c1N. The smallest absolute Gasteiger partial charge is 0.349 e. The van der Waals surface area contributed by atoms with Crippen LogP contribution in [0.1, 0.15) is 5.56 Å². The van der Waals surface area contributed by atoms with Crippen molar-refractivity contribution < 1.29 is 4.42 Å². The molecule has 0 atom stereocenters. The number of nitrogens with zero attached hydrogens (tertiary/aromatic N) is 2. The number of nitriles is 1. The number of rotatable bonds is 1. The molecule has 3 aromatic rings. The second-order valence-electron chi connectivity index (χ2n) is 4.21. The number of nitrogens with two attached hydrogens (primary N) is 1. The fourth-order valence-electron chi connectivity index (χ4n) is 1.99. The largest absolute Gasteiger partial charge is 0.403 e. The van der Waals surface area contributed by atoms with Crippen LogP contribution >= 0.6 is 0 Å². The van der Waals surface area contributed by atoms with E-state index < -0.39 is 5.63 Å². The van der Waals surface area contributed by atoms with Gasteiger partial charge < -0.3 is 10.2 Å². The Morgan fingerprint density at radius 2 is 1.90 bits per heavy atom. The molecule has 0 aliphatic carbocycles. The van der Waals surface area contributed by atoms with Gasteiger partial charge in [-0.05, 0) is 24.3 Å². The minimum absolute atomic E-state index is 0.103. The van der Waals surface area contributed by atoms with E-state index >= 15 is 0 Å². The molecule has 2 N–H and O–H groups in total. The maximum absolute atomic E-state index is 12.1. The molecule has 0 spiro atoms. The van der Waals surface area contributed by atoms with Crippen LogP contribution in [0.3, 0.4) is 0 Å². The third-order valence-electron chi connectivity index (χ3n) is 2.98. The van der Waals surface area contributed by atoms with Gasteiger partial charge in [0.05, 0.1) is 16.8 Å². The Kier molecular flexibility index (Phi) is 2.70. The molecule has 0 aliphatic rings. The number of nitrogen functional groups attached to an aromatic ring is 1. The number of fused-ring (bicyclic) bond motifs is 1. The predicted molar refractivity (Wildman–Crippen MR) is 74.8 cm³/mol. The zero-order valence-electron chi connectivity index (χ0n) is 10.3. The standard InChI is InChI=1S/C15H9N3O2/c16-8-10-6-7-11-12(13(10)17)15(19)20-14(18-11)9-4-2-1-3-5-9/h1-7H,17H2. The molecule has 20 heavy (non-hydrogen) atoms. The Morgan fingerprint density at radius 1 is 1.15 bits per heavy atom. The van der Waals surface area contributed by atoms with E-state index in [0.717, 1.165) is 0 Å². The van der Waals surface area contributed by atoms with Gasteiger partial charge in [-0.15, -0.1) is 0 Å². The first-order valence-corrected chi connectivity index (χ1v) is 5.89. The minimum atomic E-state index is -0.594. The van der Waals surface area contributed by atoms with Crippen molar-refractivity contribution in [3.05, 3.63) is 58.4 Å². The molecule has 1 aromatic heterocycles. The molecule has 0 fully saturated rings. The van der Waals surface area contributed by atoms with Gasteiger partial charge >= 0.3 is 5.63 Å². The summed E-state index contributed by atoms with van der Waals surface area (Å²) in [5, 5.41) is 9.06. The van der Waals surface area contributed by atoms with Gasteiger partial charge in [0.1, 0.15) is 11.5 Å². The molecule has 0 aliphatic heterocycles. The van der Waals surface area contributed by atoms with Gasteiger partial charge in [-0.25, -0.2) is 9.78 Å². The van der Waals surface area contributed by atoms with Crippen molar-refractivity contribution in [3.63, 3.8) is 0 Å². The summed E-state index contributed by atoms with van der Waals surface area (Å²) in [5.41, 5.74) is 6.66. The number of hydrogen-bond donors (Lipinski definition) is 1. The van der Waals surface area contributed by atoms with Crippen molar-refractivity contribution in [3.8, 4) is 17.5 Å². The van der Waals surface area contributed by atoms with Gasteiger partial charge in [0.25, 0.3) is 0 Å². The normalized spacial score (nSPS) is 10.3. The lowest BCUT2D eigenvalue weighted by Crippen LogP contribution is -2.07. The lowest BCUT2D eigenvalue weighted by atomic mass is 10.1. The summed E-state index contributed by atoms with van der Waals surface area (Å²) < 4.78 is 5.20. The second kappa shape index (κ2) is 4.52. The lowest BCUT2D eigenvalue weighted by molar-refractivity contribution is 0.518. The van der Waals surface area contributed by atoms with Crippen LogP contribution < -0.4 is 11.4 Å². The minimum Gasteiger partial charge on any atom is -0.403 e. The van der Waals surface area contributed by atoms with Crippen molar-refractivity contribution >= 4 is 16.6 Å². The molecular weight excluding hydrogens is 254 g/mol. The Morgan fingerprint density at radius 3 is 2.60 bits per heavy atom. The van der Waals surface area contributed by atoms with E-state index in [0.29, 0.717) is 11.1 Å². The summed E-state index contributed by atoms with van der Waals surface area (Å²) in [6, 6.07) is 14.2. The molecule has 5 nitrogen and oxygen atoms in total. The van der Waals surface area contributed by atoms with E-state index in [1.54, 1.807) is 24.3 Å². The average Bonchev–Trinajstić information content (AvgIpc) is 2.48. The van der Waals surface area contributed by atoms with E-state index in [2.05, 4.69) is 4.98 Å². The number of aromatic nitrogens is 1. The molecular formula is C15H9N3O2. The van der Waals surface area contributed by atoms with E-state index in [-0.39, 0.29) is 22.5 Å². The zero-order valence-corrected chi connectivity index (χ0v) is 10.3. The maximum Gasteiger partial charge on any atom is 0.349 e. The van der Waals surface area contributed by atoms with Crippen molar-refractivity contribution in [1.82, 2.24) is 4.98 Å². The quantitative estimate of drug-likeness (QED) is 0.680. The van der Waals surface area contributed by atoms with E-state index in [4.69, 9.17) is 15.4 Å².